The van der Waals surface area contributed by atoms with Crippen LogP contribution in [0.2, 0.25) is 0 Å². The van der Waals surface area contributed by atoms with Crippen LogP contribution < -0.4 is 0 Å². The molecule has 0 aromatic carbocycles. The third-order valence-corrected chi connectivity index (χ3v) is 2.54. The maximum atomic E-state index is 11.4. The predicted molar refractivity (Wildman–Crippen MR) is 52.0 cm³/mol. The molecule has 1 saturated heterocycles. The average molecular weight is 199 g/mol. The van der Waals surface area contributed by atoms with Crippen LogP contribution in [0.1, 0.15) is 26.7 Å². The first-order valence-corrected chi connectivity index (χ1v) is 5.13. The molecule has 0 radical (unpaired) electrons. The fourth-order valence-electron chi connectivity index (χ4n) is 1.65. The number of hydrogen-bond acceptors (Lipinski definition) is 3. The lowest BCUT2D eigenvalue weighted by molar-refractivity contribution is -0.125. The van der Waals surface area contributed by atoms with Crippen molar-refractivity contribution in [1.82, 2.24) is 4.90 Å². The fourth-order valence-corrected chi connectivity index (χ4v) is 1.65. The van der Waals surface area contributed by atoms with Gasteiger partial charge in [0.15, 0.2) is 0 Å². The fraction of sp³-hybridized carbons (Fsp3) is 0.800. The molecule has 1 heterocycles. The highest BCUT2D eigenvalue weighted by Crippen LogP contribution is 2.16. The molecule has 1 aliphatic rings. The van der Waals surface area contributed by atoms with Crippen LogP contribution in [0.5, 0.6) is 0 Å². The number of nitrogens with zero attached hydrogens (tertiary/aromatic N) is 1. The number of likely N-dealkylation sites (tertiary alicyclic amines) is 1. The minimum Gasteiger partial charge on any atom is -0.450 e. The van der Waals surface area contributed by atoms with Gasteiger partial charge in [-0.15, -0.1) is 0 Å². The molecule has 0 N–H and O–H groups in total. The van der Waals surface area contributed by atoms with Gasteiger partial charge in [-0.2, -0.15) is 0 Å². The van der Waals surface area contributed by atoms with Crippen molar-refractivity contribution in [3.05, 3.63) is 0 Å². The van der Waals surface area contributed by atoms with E-state index in [0.717, 1.165) is 6.42 Å². The molecule has 14 heavy (non-hydrogen) atoms. The third kappa shape index (κ3) is 2.47. The summed E-state index contributed by atoms with van der Waals surface area (Å²) in [4.78, 5) is 24.4. The molecule has 80 valence electrons. The average Bonchev–Trinajstić information content (AvgIpc) is 2.19. The molecule has 4 nitrogen and oxygen atoms in total. The first kappa shape index (κ1) is 11.0. The number of rotatable bonds is 2. The van der Waals surface area contributed by atoms with Gasteiger partial charge in [-0.25, -0.2) is 4.79 Å². The summed E-state index contributed by atoms with van der Waals surface area (Å²) < 4.78 is 4.89. The van der Waals surface area contributed by atoms with E-state index in [2.05, 4.69) is 0 Å². The van der Waals surface area contributed by atoms with Gasteiger partial charge in [-0.3, -0.25) is 4.79 Å². The van der Waals surface area contributed by atoms with Crippen LogP contribution in [0.15, 0.2) is 0 Å². The SMILES string of the molecule is CCOC(=O)N1CCC(=O)C(CC)C1. The Hall–Kier alpha value is -1.06. The Morgan fingerprint density at radius 1 is 1.57 bits per heavy atom. The van der Waals surface area contributed by atoms with Crippen LogP contribution in [0.25, 0.3) is 0 Å². The van der Waals surface area contributed by atoms with E-state index in [-0.39, 0.29) is 17.8 Å². The van der Waals surface area contributed by atoms with Crippen molar-refractivity contribution in [3.63, 3.8) is 0 Å². The minimum atomic E-state index is -0.293. The van der Waals surface area contributed by atoms with E-state index in [1.807, 2.05) is 6.92 Å². The molecule has 0 saturated carbocycles. The summed E-state index contributed by atoms with van der Waals surface area (Å²) in [6.45, 7) is 5.17. The number of Topliss-reactive ketones (excluding diaryl/α,β-unsaturated/α-hetero) is 1. The van der Waals surface area contributed by atoms with Gasteiger partial charge in [0, 0.05) is 25.4 Å². The van der Waals surface area contributed by atoms with E-state index in [1.165, 1.54) is 0 Å². The van der Waals surface area contributed by atoms with Gasteiger partial charge < -0.3 is 9.64 Å². The molecule has 0 bridgehead atoms. The number of amides is 1. The summed E-state index contributed by atoms with van der Waals surface area (Å²) >= 11 is 0. The largest absolute Gasteiger partial charge is 0.450 e. The Balaban J connectivity index is 2.49. The van der Waals surface area contributed by atoms with Crippen molar-refractivity contribution in [2.24, 2.45) is 5.92 Å². The topological polar surface area (TPSA) is 46.6 Å². The molecule has 1 atom stereocenters. The van der Waals surface area contributed by atoms with Gasteiger partial charge in [0.2, 0.25) is 0 Å². The summed E-state index contributed by atoms with van der Waals surface area (Å²) in [5.74, 6) is 0.279. The molecular formula is C10H17NO3. The summed E-state index contributed by atoms with van der Waals surface area (Å²) in [6, 6.07) is 0. The van der Waals surface area contributed by atoms with E-state index in [1.54, 1.807) is 11.8 Å². The molecule has 1 fully saturated rings. The second-order valence-electron chi connectivity index (χ2n) is 3.47. The van der Waals surface area contributed by atoms with Gasteiger partial charge in [0.1, 0.15) is 5.78 Å². The molecule has 0 spiro atoms. The normalized spacial score (nSPS) is 22.3. The Morgan fingerprint density at radius 2 is 2.29 bits per heavy atom. The van der Waals surface area contributed by atoms with Crippen molar-refractivity contribution < 1.29 is 14.3 Å². The molecule has 0 aliphatic carbocycles. The monoisotopic (exact) mass is 199 g/mol. The molecule has 1 aliphatic heterocycles. The lowest BCUT2D eigenvalue weighted by Gasteiger charge is -2.30. The van der Waals surface area contributed by atoms with Gasteiger partial charge in [0.05, 0.1) is 6.61 Å². The maximum Gasteiger partial charge on any atom is 0.409 e. The highest BCUT2D eigenvalue weighted by Gasteiger charge is 2.28. The van der Waals surface area contributed by atoms with Gasteiger partial charge in [-0.05, 0) is 13.3 Å². The summed E-state index contributed by atoms with van der Waals surface area (Å²) in [5, 5.41) is 0. The highest BCUT2D eigenvalue weighted by atomic mass is 16.6. The molecule has 0 aromatic heterocycles. The first-order chi connectivity index (χ1) is 6.69. The lowest BCUT2D eigenvalue weighted by atomic mass is 9.94. The van der Waals surface area contributed by atoms with E-state index < -0.39 is 0 Å². The summed E-state index contributed by atoms with van der Waals surface area (Å²) in [7, 11) is 0. The van der Waals surface area contributed by atoms with Crippen molar-refractivity contribution in [2.45, 2.75) is 26.7 Å². The van der Waals surface area contributed by atoms with Crippen molar-refractivity contribution in [3.8, 4) is 0 Å². The summed E-state index contributed by atoms with van der Waals surface area (Å²) in [5.41, 5.74) is 0. The van der Waals surface area contributed by atoms with Crippen molar-refractivity contribution >= 4 is 11.9 Å². The molecule has 0 aromatic rings. The maximum absolute atomic E-state index is 11.4. The van der Waals surface area contributed by atoms with E-state index in [4.69, 9.17) is 4.74 Å². The zero-order chi connectivity index (χ0) is 10.6. The number of piperidine rings is 1. The predicted octanol–water partition coefficient (Wildman–Crippen LogP) is 1.44. The van der Waals surface area contributed by atoms with E-state index >= 15 is 0 Å². The second kappa shape index (κ2) is 4.98. The van der Waals surface area contributed by atoms with Gasteiger partial charge in [-0.1, -0.05) is 6.92 Å². The van der Waals surface area contributed by atoms with Crippen LogP contribution in [0.4, 0.5) is 4.79 Å². The van der Waals surface area contributed by atoms with Crippen LogP contribution in [-0.4, -0.2) is 36.5 Å². The quantitative estimate of drug-likeness (QED) is 0.676. The standard InChI is InChI=1S/C10H17NO3/c1-3-8-7-11(6-5-9(8)12)10(13)14-4-2/h8H,3-7H2,1-2H3. The second-order valence-corrected chi connectivity index (χ2v) is 3.47. The van der Waals surface area contributed by atoms with Crippen LogP contribution in [0, 0.1) is 5.92 Å². The third-order valence-electron chi connectivity index (χ3n) is 2.54. The van der Waals surface area contributed by atoms with Crippen LogP contribution >= 0.6 is 0 Å². The number of hydrogen-bond donors (Lipinski definition) is 0. The van der Waals surface area contributed by atoms with Gasteiger partial charge in [0.25, 0.3) is 0 Å². The molecule has 1 unspecified atom stereocenters. The minimum absolute atomic E-state index is 0.00755. The Morgan fingerprint density at radius 3 is 2.86 bits per heavy atom. The smallest absolute Gasteiger partial charge is 0.409 e. The van der Waals surface area contributed by atoms with Crippen molar-refractivity contribution in [1.29, 1.82) is 0 Å². The van der Waals surface area contributed by atoms with Gasteiger partial charge >= 0.3 is 6.09 Å². The van der Waals surface area contributed by atoms with E-state index in [0.29, 0.717) is 26.1 Å². The molecule has 4 heteroatoms. The Bertz CT molecular complexity index is 227. The molecule has 1 rings (SSSR count). The Kier molecular flexibility index (Phi) is 3.92. The number of ketones is 1. The first-order valence-electron chi connectivity index (χ1n) is 5.13. The van der Waals surface area contributed by atoms with Crippen LogP contribution in [-0.2, 0) is 9.53 Å². The molecular weight excluding hydrogens is 182 g/mol. The van der Waals surface area contributed by atoms with E-state index in [9.17, 15) is 9.59 Å². The zero-order valence-electron chi connectivity index (χ0n) is 8.78. The van der Waals surface area contributed by atoms with Crippen LogP contribution in [0.3, 0.4) is 0 Å². The molecule has 1 amide bonds. The summed E-state index contributed by atoms with van der Waals surface area (Å²) in [6.07, 6.45) is 0.977. The van der Waals surface area contributed by atoms with Crippen molar-refractivity contribution in [2.75, 3.05) is 19.7 Å². The number of carbonyl (C=O) groups is 2. The lowest BCUT2D eigenvalue weighted by Crippen LogP contribution is -2.44. The number of carbonyl (C=O) groups excluding carboxylic acids is 2. The highest BCUT2D eigenvalue weighted by molar-refractivity contribution is 5.83. The zero-order valence-corrected chi connectivity index (χ0v) is 8.78. The Labute approximate surface area is 84.2 Å². The number of ether oxygens (including phenoxy) is 1.